The van der Waals surface area contributed by atoms with E-state index < -0.39 is 0 Å². The Morgan fingerprint density at radius 2 is 1.60 bits per heavy atom. The second-order valence-electron chi connectivity index (χ2n) is 5.16. The predicted octanol–water partition coefficient (Wildman–Crippen LogP) is 5.38. The Balaban J connectivity index is 2.21. The molecule has 1 aromatic carbocycles. The number of unbranched alkanes of at least 4 members (excludes halogenated alkanes) is 4. The third kappa shape index (κ3) is 7.89. The van der Waals surface area contributed by atoms with Crippen molar-refractivity contribution in [3.63, 3.8) is 0 Å². The van der Waals surface area contributed by atoms with E-state index in [4.69, 9.17) is 4.74 Å². The molecule has 1 rings (SSSR count). The summed E-state index contributed by atoms with van der Waals surface area (Å²) in [4.78, 5) is 0. The molecule has 0 N–H and O–H groups in total. The van der Waals surface area contributed by atoms with Crippen LogP contribution in [0.4, 0.5) is 0 Å². The molecule has 0 amide bonds. The number of hydrogen-bond acceptors (Lipinski definition) is 1. The van der Waals surface area contributed by atoms with Crippen LogP contribution >= 0.6 is 0 Å². The van der Waals surface area contributed by atoms with Crippen molar-refractivity contribution in [3.8, 4) is 17.6 Å². The first kappa shape index (κ1) is 16.6. The molecule has 0 heterocycles. The van der Waals surface area contributed by atoms with Crippen molar-refractivity contribution in [2.45, 2.75) is 65.2 Å². The summed E-state index contributed by atoms with van der Waals surface area (Å²) in [5.41, 5.74) is 1.34. The summed E-state index contributed by atoms with van der Waals surface area (Å²) in [6, 6.07) is 8.47. The van der Waals surface area contributed by atoms with Crippen LogP contribution in [0.25, 0.3) is 0 Å². The highest BCUT2D eigenvalue weighted by atomic mass is 16.5. The summed E-state index contributed by atoms with van der Waals surface area (Å²) in [5, 5.41) is 0. The van der Waals surface area contributed by atoms with E-state index in [2.05, 4.69) is 50.0 Å². The lowest BCUT2D eigenvalue weighted by Crippen LogP contribution is -1.97. The standard InChI is InChI=1S/C19H28O/c1-3-5-7-9-10-12-18-13-15-19(16-14-18)20-17-11-8-6-4-2/h13-16H,3-6,8,10-12,17H2,1-2H3. The molecule has 0 bridgehead atoms. The monoisotopic (exact) mass is 272 g/mol. The molecule has 0 spiro atoms. The number of aryl methyl sites for hydroxylation is 1. The minimum Gasteiger partial charge on any atom is -0.494 e. The van der Waals surface area contributed by atoms with Crippen LogP contribution in [0.5, 0.6) is 5.75 Å². The van der Waals surface area contributed by atoms with E-state index >= 15 is 0 Å². The van der Waals surface area contributed by atoms with Gasteiger partial charge < -0.3 is 4.74 Å². The van der Waals surface area contributed by atoms with Crippen LogP contribution in [0.2, 0.25) is 0 Å². The summed E-state index contributed by atoms with van der Waals surface area (Å²) >= 11 is 0. The summed E-state index contributed by atoms with van der Waals surface area (Å²) in [6.45, 7) is 5.23. The molecular weight excluding hydrogens is 244 g/mol. The summed E-state index contributed by atoms with van der Waals surface area (Å²) in [5.74, 6) is 7.40. The Bertz CT molecular complexity index is 394. The van der Waals surface area contributed by atoms with Crippen molar-refractivity contribution < 1.29 is 4.74 Å². The average molecular weight is 272 g/mol. The summed E-state index contributed by atoms with van der Waals surface area (Å²) in [7, 11) is 0. The van der Waals surface area contributed by atoms with Gasteiger partial charge in [-0.05, 0) is 37.0 Å². The molecular formula is C19H28O. The maximum Gasteiger partial charge on any atom is 0.119 e. The smallest absolute Gasteiger partial charge is 0.119 e. The van der Waals surface area contributed by atoms with Crippen LogP contribution in [-0.4, -0.2) is 6.61 Å². The lowest BCUT2D eigenvalue weighted by Gasteiger charge is -2.06. The Morgan fingerprint density at radius 3 is 2.30 bits per heavy atom. The molecule has 0 saturated heterocycles. The van der Waals surface area contributed by atoms with Gasteiger partial charge in [0.05, 0.1) is 6.61 Å². The Morgan fingerprint density at radius 1 is 0.850 bits per heavy atom. The molecule has 110 valence electrons. The molecule has 0 saturated carbocycles. The van der Waals surface area contributed by atoms with E-state index in [9.17, 15) is 0 Å². The first-order valence-electron chi connectivity index (χ1n) is 8.04. The molecule has 0 atom stereocenters. The van der Waals surface area contributed by atoms with E-state index in [-0.39, 0.29) is 0 Å². The molecule has 0 aromatic heterocycles. The first-order chi connectivity index (χ1) is 9.86. The highest BCUT2D eigenvalue weighted by molar-refractivity contribution is 5.27. The van der Waals surface area contributed by atoms with E-state index in [1.807, 2.05) is 0 Å². The molecule has 1 aromatic rings. The molecule has 0 aliphatic heterocycles. The van der Waals surface area contributed by atoms with Gasteiger partial charge in [0.15, 0.2) is 0 Å². The zero-order chi connectivity index (χ0) is 14.5. The minimum absolute atomic E-state index is 0.835. The molecule has 0 radical (unpaired) electrons. The van der Waals surface area contributed by atoms with Gasteiger partial charge in [-0.3, -0.25) is 0 Å². The van der Waals surface area contributed by atoms with Gasteiger partial charge in [0.1, 0.15) is 5.75 Å². The first-order valence-corrected chi connectivity index (χ1v) is 8.04. The number of rotatable bonds is 9. The topological polar surface area (TPSA) is 9.23 Å². The molecule has 0 aliphatic carbocycles. The summed E-state index contributed by atoms with van der Waals surface area (Å²) in [6.07, 6.45) is 9.16. The van der Waals surface area contributed by atoms with Crippen molar-refractivity contribution in [1.29, 1.82) is 0 Å². The van der Waals surface area contributed by atoms with Crippen molar-refractivity contribution in [2.24, 2.45) is 0 Å². The van der Waals surface area contributed by atoms with Gasteiger partial charge in [0, 0.05) is 12.8 Å². The molecule has 0 unspecified atom stereocenters. The zero-order valence-corrected chi connectivity index (χ0v) is 13.1. The van der Waals surface area contributed by atoms with Crippen LogP contribution in [0.3, 0.4) is 0 Å². The SMILES string of the molecule is CCCC#CCCc1ccc(OCCCCCC)cc1. The maximum absolute atomic E-state index is 5.74. The average Bonchev–Trinajstić information content (AvgIpc) is 2.48. The lowest BCUT2D eigenvalue weighted by molar-refractivity contribution is 0.305. The zero-order valence-electron chi connectivity index (χ0n) is 13.1. The van der Waals surface area contributed by atoms with Crippen LogP contribution in [0.15, 0.2) is 24.3 Å². The number of ether oxygens (including phenoxy) is 1. The Kier molecular flexibility index (Phi) is 9.49. The van der Waals surface area contributed by atoms with E-state index in [0.29, 0.717) is 0 Å². The largest absolute Gasteiger partial charge is 0.494 e. The lowest BCUT2D eigenvalue weighted by atomic mass is 10.1. The van der Waals surface area contributed by atoms with Gasteiger partial charge in [0.2, 0.25) is 0 Å². The fraction of sp³-hybridized carbons (Fsp3) is 0.579. The molecule has 0 aliphatic rings. The summed E-state index contributed by atoms with van der Waals surface area (Å²) < 4.78 is 5.74. The quantitative estimate of drug-likeness (QED) is 0.433. The van der Waals surface area contributed by atoms with Gasteiger partial charge in [-0.1, -0.05) is 45.2 Å². The third-order valence-electron chi connectivity index (χ3n) is 3.23. The van der Waals surface area contributed by atoms with E-state index in [0.717, 1.165) is 44.5 Å². The van der Waals surface area contributed by atoms with Crippen molar-refractivity contribution in [3.05, 3.63) is 29.8 Å². The third-order valence-corrected chi connectivity index (χ3v) is 3.23. The normalized spacial score (nSPS) is 9.90. The Hall–Kier alpha value is -1.42. The van der Waals surface area contributed by atoms with Gasteiger partial charge in [-0.15, -0.1) is 11.8 Å². The van der Waals surface area contributed by atoms with Crippen molar-refractivity contribution in [1.82, 2.24) is 0 Å². The minimum atomic E-state index is 0.835. The molecule has 1 heteroatoms. The van der Waals surface area contributed by atoms with Gasteiger partial charge in [-0.2, -0.15) is 0 Å². The highest BCUT2D eigenvalue weighted by Gasteiger charge is 1.95. The highest BCUT2D eigenvalue weighted by Crippen LogP contribution is 2.14. The molecule has 0 fully saturated rings. The van der Waals surface area contributed by atoms with Gasteiger partial charge in [0.25, 0.3) is 0 Å². The van der Waals surface area contributed by atoms with Crippen molar-refractivity contribution in [2.75, 3.05) is 6.61 Å². The Labute approximate surface area is 124 Å². The van der Waals surface area contributed by atoms with E-state index in [1.165, 1.54) is 24.8 Å². The number of benzene rings is 1. The molecule has 1 nitrogen and oxygen atoms in total. The van der Waals surface area contributed by atoms with E-state index in [1.54, 1.807) is 0 Å². The van der Waals surface area contributed by atoms with Crippen LogP contribution in [0.1, 0.15) is 64.4 Å². The predicted molar refractivity (Wildman–Crippen MR) is 87.1 cm³/mol. The second-order valence-corrected chi connectivity index (χ2v) is 5.16. The van der Waals surface area contributed by atoms with Crippen molar-refractivity contribution >= 4 is 0 Å². The van der Waals surface area contributed by atoms with Crippen LogP contribution < -0.4 is 4.74 Å². The second kappa shape index (κ2) is 11.4. The molecule has 20 heavy (non-hydrogen) atoms. The number of hydrogen-bond donors (Lipinski definition) is 0. The van der Waals surface area contributed by atoms with Gasteiger partial charge in [-0.25, -0.2) is 0 Å². The fourth-order valence-electron chi connectivity index (χ4n) is 1.98. The van der Waals surface area contributed by atoms with Crippen LogP contribution in [0, 0.1) is 11.8 Å². The maximum atomic E-state index is 5.74. The fourth-order valence-corrected chi connectivity index (χ4v) is 1.98. The van der Waals surface area contributed by atoms with Gasteiger partial charge >= 0.3 is 0 Å². The van der Waals surface area contributed by atoms with Crippen LogP contribution in [-0.2, 0) is 6.42 Å².